The number of rotatable bonds is 3. The van der Waals surface area contributed by atoms with Gasteiger partial charge in [0.1, 0.15) is 5.56 Å². The SMILES string of the molecule is CCc1ccc(NC(=O)c2cc3c([nH]c2=O)CCC(C)C3)cc1. The quantitative estimate of drug-likeness (QED) is 0.913. The topological polar surface area (TPSA) is 62.0 Å². The lowest BCUT2D eigenvalue weighted by Crippen LogP contribution is -2.27. The number of carbonyl (C=O) groups excluding carboxylic acids is 1. The van der Waals surface area contributed by atoms with Crippen LogP contribution in [0.1, 0.15) is 47.4 Å². The van der Waals surface area contributed by atoms with Crippen LogP contribution in [0, 0.1) is 5.92 Å². The van der Waals surface area contributed by atoms with Crippen LogP contribution in [0.15, 0.2) is 35.1 Å². The summed E-state index contributed by atoms with van der Waals surface area (Å²) in [5.41, 5.74) is 3.88. The van der Waals surface area contributed by atoms with Gasteiger partial charge in [0.15, 0.2) is 0 Å². The lowest BCUT2D eigenvalue weighted by atomic mass is 9.87. The van der Waals surface area contributed by atoms with E-state index in [4.69, 9.17) is 0 Å². The van der Waals surface area contributed by atoms with Gasteiger partial charge in [-0.25, -0.2) is 0 Å². The molecule has 120 valence electrons. The third-order valence-corrected chi connectivity index (χ3v) is 4.54. The van der Waals surface area contributed by atoms with Crippen molar-refractivity contribution < 1.29 is 4.79 Å². The van der Waals surface area contributed by atoms with Crippen LogP contribution >= 0.6 is 0 Å². The summed E-state index contributed by atoms with van der Waals surface area (Å²) in [6.45, 7) is 4.28. The van der Waals surface area contributed by atoms with Crippen molar-refractivity contribution in [3.8, 4) is 0 Å². The molecule has 2 N–H and O–H groups in total. The molecule has 23 heavy (non-hydrogen) atoms. The van der Waals surface area contributed by atoms with E-state index in [9.17, 15) is 9.59 Å². The highest BCUT2D eigenvalue weighted by atomic mass is 16.2. The van der Waals surface area contributed by atoms with E-state index in [1.54, 1.807) is 6.07 Å². The highest BCUT2D eigenvalue weighted by Gasteiger charge is 2.20. The first kappa shape index (κ1) is 15.5. The number of aromatic nitrogens is 1. The summed E-state index contributed by atoms with van der Waals surface area (Å²) >= 11 is 0. The highest BCUT2D eigenvalue weighted by molar-refractivity contribution is 6.04. The second-order valence-electron chi connectivity index (χ2n) is 6.37. The molecule has 1 unspecified atom stereocenters. The molecule has 1 aromatic carbocycles. The van der Waals surface area contributed by atoms with Gasteiger partial charge in [-0.2, -0.15) is 0 Å². The number of hydrogen-bond donors (Lipinski definition) is 2. The molecule has 4 nitrogen and oxygen atoms in total. The molecule has 0 aliphatic heterocycles. The zero-order valence-corrected chi connectivity index (χ0v) is 13.6. The molecule has 3 rings (SSSR count). The molecule has 0 saturated carbocycles. The number of anilines is 1. The summed E-state index contributed by atoms with van der Waals surface area (Å²) in [6.07, 6.45) is 3.83. The first-order valence-electron chi connectivity index (χ1n) is 8.22. The molecular formula is C19H22N2O2. The van der Waals surface area contributed by atoms with E-state index in [0.717, 1.165) is 36.9 Å². The Morgan fingerprint density at radius 1 is 1.30 bits per heavy atom. The minimum absolute atomic E-state index is 0.192. The van der Waals surface area contributed by atoms with E-state index >= 15 is 0 Å². The van der Waals surface area contributed by atoms with E-state index in [1.165, 1.54) is 5.56 Å². The highest BCUT2D eigenvalue weighted by Crippen LogP contribution is 2.23. The molecule has 1 atom stereocenters. The first-order chi connectivity index (χ1) is 11.1. The number of aromatic amines is 1. The molecule has 1 heterocycles. The van der Waals surface area contributed by atoms with Gasteiger partial charge < -0.3 is 10.3 Å². The summed E-state index contributed by atoms with van der Waals surface area (Å²) in [5.74, 6) is 0.238. The van der Waals surface area contributed by atoms with E-state index in [-0.39, 0.29) is 17.0 Å². The lowest BCUT2D eigenvalue weighted by molar-refractivity contribution is 0.102. The van der Waals surface area contributed by atoms with E-state index in [0.29, 0.717) is 11.6 Å². The summed E-state index contributed by atoms with van der Waals surface area (Å²) in [6, 6.07) is 9.46. The van der Waals surface area contributed by atoms with Gasteiger partial charge in [-0.3, -0.25) is 9.59 Å². The summed E-state index contributed by atoms with van der Waals surface area (Å²) in [5, 5.41) is 2.81. The second-order valence-corrected chi connectivity index (χ2v) is 6.37. The van der Waals surface area contributed by atoms with Crippen molar-refractivity contribution in [3.63, 3.8) is 0 Å². The van der Waals surface area contributed by atoms with Gasteiger partial charge in [0.25, 0.3) is 11.5 Å². The summed E-state index contributed by atoms with van der Waals surface area (Å²) in [4.78, 5) is 27.5. The predicted molar refractivity (Wildman–Crippen MR) is 92.0 cm³/mol. The number of nitrogens with one attached hydrogen (secondary N) is 2. The lowest BCUT2D eigenvalue weighted by Gasteiger charge is -2.21. The number of hydrogen-bond acceptors (Lipinski definition) is 2. The van der Waals surface area contributed by atoms with Gasteiger partial charge in [-0.15, -0.1) is 0 Å². The Balaban J connectivity index is 1.84. The number of fused-ring (bicyclic) bond motifs is 1. The molecule has 0 saturated heterocycles. The third kappa shape index (κ3) is 3.36. The monoisotopic (exact) mass is 310 g/mol. The molecule has 1 aromatic heterocycles. The maximum absolute atomic E-state index is 12.4. The minimum atomic E-state index is -0.350. The molecule has 0 radical (unpaired) electrons. The molecule has 0 fully saturated rings. The van der Waals surface area contributed by atoms with Gasteiger partial charge in [-0.05, 0) is 60.9 Å². The van der Waals surface area contributed by atoms with Gasteiger partial charge in [0.05, 0.1) is 0 Å². The van der Waals surface area contributed by atoms with Crippen LogP contribution in [0.25, 0.3) is 0 Å². The third-order valence-electron chi connectivity index (χ3n) is 4.54. The summed E-state index contributed by atoms with van der Waals surface area (Å²) in [7, 11) is 0. The van der Waals surface area contributed by atoms with Crippen molar-refractivity contribution in [1.29, 1.82) is 0 Å². The van der Waals surface area contributed by atoms with Crippen molar-refractivity contribution >= 4 is 11.6 Å². The van der Waals surface area contributed by atoms with Crippen LogP contribution in [-0.2, 0) is 19.3 Å². The van der Waals surface area contributed by atoms with E-state index in [2.05, 4.69) is 24.1 Å². The zero-order valence-electron chi connectivity index (χ0n) is 13.6. The largest absolute Gasteiger partial charge is 0.325 e. The molecule has 0 spiro atoms. The fraction of sp³-hybridized carbons (Fsp3) is 0.368. The second kappa shape index (κ2) is 6.41. The maximum atomic E-state index is 12.4. The number of benzene rings is 1. The number of amides is 1. The Hall–Kier alpha value is -2.36. The van der Waals surface area contributed by atoms with Gasteiger partial charge in [0.2, 0.25) is 0 Å². The number of pyridine rings is 1. The molecule has 4 heteroatoms. The Bertz CT molecular complexity index is 775. The van der Waals surface area contributed by atoms with Crippen molar-refractivity contribution in [3.05, 3.63) is 63.1 Å². The molecule has 1 amide bonds. The van der Waals surface area contributed by atoms with Gasteiger partial charge >= 0.3 is 0 Å². The normalized spacial score (nSPS) is 16.7. The fourth-order valence-corrected chi connectivity index (χ4v) is 3.08. The van der Waals surface area contributed by atoms with Crippen LogP contribution in [0.4, 0.5) is 5.69 Å². The number of aryl methyl sites for hydroxylation is 2. The van der Waals surface area contributed by atoms with Gasteiger partial charge in [-0.1, -0.05) is 26.0 Å². The van der Waals surface area contributed by atoms with E-state index in [1.807, 2.05) is 24.3 Å². The average Bonchev–Trinajstić information content (AvgIpc) is 2.55. The maximum Gasteiger partial charge on any atom is 0.261 e. The summed E-state index contributed by atoms with van der Waals surface area (Å²) < 4.78 is 0. The fourth-order valence-electron chi connectivity index (χ4n) is 3.08. The Morgan fingerprint density at radius 3 is 2.74 bits per heavy atom. The Morgan fingerprint density at radius 2 is 2.04 bits per heavy atom. The van der Waals surface area contributed by atoms with Crippen molar-refractivity contribution in [2.45, 2.75) is 39.5 Å². The Kier molecular flexibility index (Phi) is 4.33. The molecule has 0 bridgehead atoms. The standard InChI is InChI=1S/C19H22N2O2/c1-3-13-5-7-15(8-6-13)20-18(22)16-11-14-10-12(2)4-9-17(14)21-19(16)23/h5-8,11-12H,3-4,9-10H2,1-2H3,(H,20,22)(H,21,23). The van der Waals surface area contributed by atoms with Crippen molar-refractivity contribution in [2.75, 3.05) is 5.32 Å². The van der Waals surface area contributed by atoms with Crippen molar-refractivity contribution in [2.24, 2.45) is 5.92 Å². The first-order valence-corrected chi connectivity index (χ1v) is 8.22. The van der Waals surface area contributed by atoms with Crippen LogP contribution in [0.3, 0.4) is 0 Å². The zero-order chi connectivity index (χ0) is 16.4. The van der Waals surface area contributed by atoms with Crippen LogP contribution in [-0.4, -0.2) is 10.9 Å². The molecule has 2 aromatic rings. The number of H-pyrrole nitrogens is 1. The Labute approximate surface area is 135 Å². The molecule has 1 aliphatic rings. The minimum Gasteiger partial charge on any atom is -0.325 e. The van der Waals surface area contributed by atoms with Crippen LogP contribution in [0.5, 0.6) is 0 Å². The average molecular weight is 310 g/mol. The molecular weight excluding hydrogens is 288 g/mol. The molecule has 1 aliphatic carbocycles. The van der Waals surface area contributed by atoms with E-state index < -0.39 is 0 Å². The van der Waals surface area contributed by atoms with Crippen molar-refractivity contribution in [1.82, 2.24) is 4.98 Å². The smallest absolute Gasteiger partial charge is 0.261 e. The van der Waals surface area contributed by atoms with Crippen LogP contribution < -0.4 is 10.9 Å². The predicted octanol–water partition coefficient (Wildman–Crippen LogP) is 3.31. The van der Waals surface area contributed by atoms with Gasteiger partial charge in [0, 0.05) is 11.4 Å². The van der Waals surface area contributed by atoms with Crippen LogP contribution in [0.2, 0.25) is 0 Å². The number of carbonyl (C=O) groups is 1.